The lowest BCUT2D eigenvalue weighted by atomic mass is 10.2. The molecule has 2 heterocycles. The highest BCUT2D eigenvalue weighted by Gasteiger charge is 2.22. The number of nitrogens with zero attached hydrogens (tertiary/aromatic N) is 2. The van der Waals surface area contributed by atoms with Gasteiger partial charge in [-0.25, -0.2) is 9.78 Å². The molecule has 1 aliphatic rings. The molecule has 0 aliphatic carbocycles. The number of alkyl carbamates (subject to hydrolysis) is 1. The number of cyclic esters (lactones) is 1. The Bertz CT molecular complexity index is 321. The first-order valence-electron chi connectivity index (χ1n) is 4.14. The van der Waals surface area contributed by atoms with Crippen molar-refractivity contribution in [1.29, 1.82) is 0 Å². The van der Waals surface area contributed by atoms with Crippen molar-refractivity contribution in [2.45, 2.75) is 12.5 Å². The largest absolute Gasteiger partial charge is 0.447 e. The van der Waals surface area contributed by atoms with Crippen LogP contribution in [0.3, 0.4) is 0 Å². The van der Waals surface area contributed by atoms with E-state index in [1.165, 1.54) is 0 Å². The van der Waals surface area contributed by atoms with Crippen LogP contribution < -0.4 is 5.32 Å². The zero-order valence-electron chi connectivity index (χ0n) is 7.36. The van der Waals surface area contributed by atoms with E-state index in [-0.39, 0.29) is 12.1 Å². The third-order valence-corrected chi connectivity index (χ3v) is 1.95. The third-order valence-electron chi connectivity index (χ3n) is 1.95. The average Bonchev–Trinajstić information content (AvgIpc) is 2.62. The number of rotatable bonds is 2. The van der Waals surface area contributed by atoms with Gasteiger partial charge in [-0.2, -0.15) is 0 Å². The highest BCUT2D eigenvalue weighted by molar-refractivity contribution is 5.69. The zero-order valence-corrected chi connectivity index (χ0v) is 7.36. The van der Waals surface area contributed by atoms with Gasteiger partial charge in [0.15, 0.2) is 0 Å². The smallest absolute Gasteiger partial charge is 0.407 e. The van der Waals surface area contributed by atoms with Crippen LogP contribution in [0.1, 0.15) is 5.69 Å². The molecular formula is C8H11N3O2. The highest BCUT2D eigenvalue weighted by Crippen LogP contribution is 2.05. The fourth-order valence-electron chi connectivity index (χ4n) is 1.36. The summed E-state index contributed by atoms with van der Waals surface area (Å²) in [5.41, 5.74) is 0.971. The summed E-state index contributed by atoms with van der Waals surface area (Å²) in [7, 11) is 1.92. The Labute approximate surface area is 75.7 Å². The number of aryl methyl sites for hydroxylation is 1. The molecule has 0 radical (unpaired) electrons. The van der Waals surface area contributed by atoms with Crippen LogP contribution in [0, 0.1) is 0 Å². The number of carbonyl (C=O) groups is 1. The van der Waals surface area contributed by atoms with Crippen LogP contribution in [0.5, 0.6) is 0 Å². The van der Waals surface area contributed by atoms with Crippen molar-refractivity contribution < 1.29 is 9.53 Å². The number of hydrogen-bond acceptors (Lipinski definition) is 3. The van der Waals surface area contributed by atoms with E-state index in [4.69, 9.17) is 4.74 Å². The van der Waals surface area contributed by atoms with Crippen LogP contribution >= 0.6 is 0 Å². The second kappa shape index (κ2) is 3.08. The average molecular weight is 181 g/mol. The minimum absolute atomic E-state index is 0.0717. The number of hydrogen-bond donors (Lipinski definition) is 1. The van der Waals surface area contributed by atoms with Crippen molar-refractivity contribution in [3.8, 4) is 0 Å². The summed E-state index contributed by atoms with van der Waals surface area (Å²) in [6.45, 7) is 0.440. The van der Waals surface area contributed by atoms with Gasteiger partial charge in [-0.3, -0.25) is 0 Å². The van der Waals surface area contributed by atoms with Crippen molar-refractivity contribution in [2.24, 2.45) is 7.05 Å². The molecule has 1 saturated heterocycles. The van der Waals surface area contributed by atoms with Gasteiger partial charge in [-0.15, -0.1) is 0 Å². The second-order valence-electron chi connectivity index (χ2n) is 3.17. The van der Waals surface area contributed by atoms with Crippen LogP contribution in [0.2, 0.25) is 0 Å². The van der Waals surface area contributed by atoms with Gasteiger partial charge >= 0.3 is 6.09 Å². The molecule has 1 atom stereocenters. The number of amides is 1. The summed E-state index contributed by atoms with van der Waals surface area (Å²) in [4.78, 5) is 14.9. The topological polar surface area (TPSA) is 56.2 Å². The molecule has 0 aromatic carbocycles. The van der Waals surface area contributed by atoms with Crippen LogP contribution in [0.4, 0.5) is 4.79 Å². The van der Waals surface area contributed by atoms with Crippen LogP contribution in [-0.4, -0.2) is 28.3 Å². The first-order valence-corrected chi connectivity index (χ1v) is 4.14. The molecule has 5 heteroatoms. The van der Waals surface area contributed by atoms with E-state index in [1.54, 1.807) is 6.33 Å². The fraction of sp³-hybridized carbons (Fsp3) is 0.500. The van der Waals surface area contributed by atoms with Gasteiger partial charge in [-0.1, -0.05) is 0 Å². The van der Waals surface area contributed by atoms with E-state index in [0.717, 1.165) is 12.1 Å². The van der Waals surface area contributed by atoms with E-state index in [9.17, 15) is 4.79 Å². The molecule has 2 rings (SSSR count). The first kappa shape index (κ1) is 8.10. The molecule has 1 unspecified atom stereocenters. The Morgan fingerprint density at radius 3 is 3.23 bits per heavy atom. The van der Waals surface area contributed by atoms with Crippen LogP contribution in [-0.2, 0) is 18.2 Å². The molecule has 1 N–H and O–H groups in total. The lowest BCUT2D eigenvalue weighted by Gasteiger charge is -2.02. The van der Waals surface area contributed by atoms with E-state index in [0.29, 0.717) is 6.61 Å². The molecule has 0 spiro atoms. The molecule has 1 amide bonds. The quantitative estimate of drug-likeness (QED) is 0.702. The predicted molar refractivity (Wildman–Crippen MR) is 45.2 cm³/mol. The molecule has 1 aromatic rings. The standard InChI is InChI=1S/C8H11N3O2/c1-11-3-6(9-5-11)2-7-4-13-8(12)10-7/h3,5,7H,2,4H2,1H3,(H,10,12). The molecule has 0 bridgehead atoms. The molecule has 1 aliphatic heterocycles. The van der Waals surface area contributed by atoms with E-state index in [2.05, 4.69) is 10.3 Å². The fourth-order valence-corrected chi connectivity index (χ4v) is 1.36. The number of aromatic nitrogens is 2. The van der Waals surface area contributed by atoms with Crippen molar-refractivity contribution >= 4 is 6.09 Å². The number of nitrogens with one attached hydrogen (secondary N) is 1. The number of ether oxygens (including phenoxy) is 1. The third kappa shape index (κ3) is 1.80. The lowest BCUT2D eigenvalue weighted by Crippen LogP contribution is -2.28. The summed E-state index contributed by atoms with van der Waals surface area (Å²) in [5.74, 6) is 0. The predicted octanol–water partition coefficient (Wildman–Crippen LogP) is 0.0710. The number of imidazole rings is 1. The van der Waals surface area contributed by atoms with Gasteiger partial charge in [0.1, 0.15) is 6.61 Å². The summed E-state index contributed by atoms with van der Waals surface area (Å²) in [5, 5.41) is 2.70. The van der Waals surface area contributed by atoms with Crippen LogP contribution in [0.15, 0.2) is 12.5 Å². The molecular weight excluding hydrogens is 170 g/mol. The zero-order chi connectivity index (χ0) is 9.26. The maximum atomic E-state index is 10.7. The van der Waals surface area contributed by atoms with Gasteiger partial charge in [0, 0.05) is 19.7 Å². The summed E-state index contributed by atoms with van der Waals surface area (Å²) in [6.07, 6.45) is 4.07. The van der Waals surface area contributed by atoms with E-state index < -0.39 is 0 Å². The first-order chi connectivity index (χ1) is 6.24. The molecule has 1 fully saturated rings. The molecule has 1 aromatic heterocycles. The summed E-state index contributed by atoms with van der Waals surface area (Å²) in [6, 6.07) is 0.0717. The van der Waals surface area contributed by atoms with Crippen molar-refractivity contribution in [2.75, 3.05) is 6.61 Å². The van der Waals surface area contributed by atoms with Gasteiger partial charge in [0.05, 0.1) is 18.1 Å². The minimum atomic E-state index is -0.332. The van der Waals surface area contributed by atoms with E-state index >= 15 is 0 Å². The van der Waals surface area contributed by atoms with Gasteiger partial charge in [0.2, 0.25) is 0 Å². The molecule has 13 heavy (non-hydrogen) atoms. The van der Waals surface area contributed by atoms with Crippen molar-refractivity contribution in [3.63, 3.8) is 0 Å². The summed E-state index contributed by atoms with van der Waals surface area (Å²) < 4.78 is 6.64. The van der Waals surface area contributed by atoms with E-state index in [1.807, 2.05) is 17.8 Å². The van der Waals surface area contributed by atoms with Crippen LogP contribution in [0.25, 0.3) is 0 Å². The molecule has 5 nitrogen and oxygen atoms in total. The minimum Gasteiger partial charge on any atom is -0.447 e. The Hall–Kier alpha value is -1.52. The normalized spacial score (nSPS) is 21.3. The van der Waals surface area contributed by atoms with Gasteiger partial charge in [-0.05, 0) is 0 Å². The molecule has 70 valence electrons. The Morgan fingerprint density at radius 2 is 2.69 bits per heavy atom. The van der Waals surface area contributed by atoms with Crippen molar-refractivity contribution in [1.82, 2.24) is 14.9 Å². The summed E-state index contributed by atoms with van der Waals surface area (Å²) >= 11 is 0. The van der Waals surface area contributed by atoms with Gasteiger partial charge in [0.25, 0.3) is 0 Å². The SMILES string of the molecule is Cn1cnc(CC2COC(=O)N2)c1. The maximum absolute atomic E-state index is 10.7. The Kier molecular flexibility index (Phi) is 1.92. The number of carbonyl (C=O) groups excluding carboxylic acids is 1. The van der Waals surface area contributed by atoms with Gasteiger partial charge < -0.3 is 14.6 Å². The Balaban J connectivity index is 1.95. The maximum Gasteiger partial charge on any atom is 0.407 e. The molecule has 0 saturated carbocycles. The monoisotopic (exact) mass is 181 g/mol. The second-order valence-corrected chi connectivity index (χ2v) is 3.17. The lowest BCUT2D eigenvalue weighted by molar-refractivity contribution is 0.177. The van der Waals surface area contributed by atoms with Crippen molar-refractivity contribution in [3.05, 3.63) is 18.2 Å². The Morgan fingerprint density at radius 1 is 1.85 bits per heavy atom. The highest BCUT2D eigenvalue weighted by atomic mass is 16.6.